The molecule has 0 bridgehead atoms. The molecule has 1 amide bonds. The molecule has 2 aromatic rings. The van der Waals surface area contributed by atoms with Crippen LogP contribution in [0.1, 0.15) is 19.4 Å². The minimum Gasteiger partial charge on any atom is -0.465 e. The van der Waals surface area contributed by atoms with Gasteiger partial charge in [0.25, 0.3) is 0 Å². The summed E-state index contributed by atoms with van der Waals surface area (Å²) in [6.07, 6.45) is -2.27. The minimum absolute atomic E-state index is 0.0161. The topological polar surface area (TPSA) is 107 Å². The van der Waals surface area contributed by atoms with Gasteiger partial charge in [-0.05, 0) is 42.2 Å². The summed E-state index contributed by atoms with van der Waals surface area (Å²) in [4.78, 5) is 11.4. The number of aliphatic hydroxyl groups excluding tert-OH is 1. The molecule has 3 N–H and O–H groups in total. The Labute approximate surface area is 185 Å². The molecule has 0 spiro atoms. The van der Waals surface area contributed by atoms with Crippen LogP contribution in [0.3, 0.4) is 0 Å². The molecule has 0 unspecified atom stereocenters. The number of halogens is 1. The van der Waals surface area contributed by atoms with Crippen molar-refractivity contribution in [1.29, 1.82) is 0 Å². The van der Waals surface area contributed by atoms with Gasteiger partial charge in [-0.15, -0.1) is 0 Å². The van der Waals surface area contributed by atoms with E-state index in [0.29, 0.717) is 0 Å². The van der Waals surface area contributed by atoms with Crippen LogP contribution in [-0.2, 0) is 16.4 Å². The average Bonchev–Trinajstić information content (AvgIpc) is 2.67. The van der Waals surface area contributed by atoms with E-state index in [9.17, 15) is 23.4 Å². The second-order valence-corrected chi connectivity index (χ2v) is 10.3. The maximum absolute atomic E-state index is 13.2. The molecule has 0 saturated carbocycles. The third kappa shape index (κ3) is 7.09. The number of nitrogens with one attached hydrogen (secondary N) is 1. The van der Waals surface area contributed by atoms with E-state index in [0.717, 1.165) is 10.0 Å². The van der Waals surface area contributed by atoms with Crippen LogP contribution in [0.4, 0.5) is 4.79 Å². The second kappa shape index (κ2) is 10.9. The number of rotatable bonds is 10. The van der Waals surface area contributed by atoms with Gasteiger partial charge in [-0.2, -0.15) is 4.31 Å². The lowest BCUT2D eigenvalue weighted by atomic mass is 10.0. The number of amides is 1. The van der Waals surface area contributed by atoms with E-state index in [-0.39, 0.29) is 30.3 Å². The molecule has 2 atom stereocenters. The van der Waals surface area contributed by atoms with Gasteiger partial charge in [-0.3, -0.25) is 0 Å². The number of hydrogen-bond donors (Lipinski definition) is 3. The summed E-state index contributed by atoms with van der Waals surface area (Å²) in [6.45, 7) is 3.73. The first-order valence-electron chi connectivity index (χ1n) is 9.56. The fraction of sp³-hybridized carbons (Fsp3) is 0.381. The maximum Gasteiger partial charge on any atom is 0.404 e. The number of hydrogen-bond acceptors (Lipinski definition) is 4. The Morgan fingerprint density at radius 1 is 1.07 bits per heavy atom. The summed E-state index contributed by atoms with van der Waals surface area (Å²) < 4.78 is 28.3. The smallest absolute Gasteiger partial charge is 0.404 e. The Kier molecular flexibility index (Phi) is 8.84. The van der Waals surface area contributed by atoms with Crippen LogP contribution in [0.5, 0.6) is 0 Å². The quantitative estimate of drug-likeness (QED) is 0.465. The predicted octanol–water partition coefficient (Wildman–Crippen LogP) is 3.34. The zero-order valence-corrected chi connectivity index (χ0v) is 19.3. The molecule has 0 radical (unpaired) electrons. The van der Waals surface area contributed by atoms with E-state index >= 15 is 0 Å². The van der Waals surface area contributed by atoms with Crippen LogP contribution in [-0.4, -0.2) is 54.3 Å². The zero-order chi connectivity index (χ0) is 22.3. The molecule has 9 heteroatoms. The van der Waals surface area contributed by atoms with Crippen LogP contribution in [0.25, 0.3) is 0 Å². The largest absolute Gasteiger partial charge is 0.465 e. The lowest BCUT2D eigenvalue weighted by Crippen LogP contribution is -2.50. The molecule has 2 rings (SSSR count). The third-order valence-electron chi connectivity index (χ3n) is 4.48. The molecule has 2 aromatic carbocycles. The highest BCUT2D eigenvalue weighted by molar-refractivity contribution is 9.10. The summed E-state index contributed by atoms with van der Waals surface area (Å²) in [6, 6.07) is 14.6. The molecule has 0 aliphatic rings. The Hall–Kier alpha value is -1.94. The molecule has 0 fully saturated rings. The maximum atomic E-state index is 13.2. The summed E-state index contributed by atoms with van der Waals surface area (Å²) >= 11 is 3.29. The minimum atomic E-state index is -3.87. The predicted molar refractivity (Wildman–Crippen MR) is 119 cm³/mol. The van der Waals surface area contributed by atoms with E-state index < -0.39 is 28.3 Å². The van der Waals surface area contributed by atoms with Gasteiger partial charge < -0.3 is 15.5 Å². The Bertz CT molecular complexity index is 920. The normalized spacial score (nSPS) is 13.9. The van der Waals surface area contributed by atoms with E-state index in [1.165, 1.54) is 16.4 Å². The highest BCUT2D eigenvalue weighted by Crippen LogP contribution is 2.21. The van der Waals surface area contributed by atoms with Crippen molar-refractivity contribution in [3.8, 4) is 0 Å². The SMILES string of the molecule is CC(C)CN(C[C@H](O)[C@H](Cc1ccccc1)NC(=O)O)S(=O)(=O)c1ccc(Br)cc1. The van der Waals surface area contributed by atoms with Crippen LogP contribution in [0, 0.1) is 5.92 Å². The molecule has 0 aromatic heterocycles. The first-order valence-corrected chi connectivity index (χ1v) is 11.8. The first kappa shape index (κ1) is 24.3. The van der Waals surface area contributed by atoms with Crippen LogP contribution < -0.4 is 5.32 Å². The third-order valence-corrected chi connectivity index (χ3v) is 6.86. The summed E-state index contributed by atoms with van der Waals surface area (Å²) in [5, 5.41) is 22.3. The standard InChI is InChI=1S/C21H27BrN2O5S/c1-15(2)13-24(30(28,29)18-10-8-17(22)9-11-18)14-20(25)19(23-21(26)27)12-16-6-4-3-5-7-16/h3-11,15,19-20,23,25H,12-14H2,1-2H3,(H,26,27)/t19-,20-/m0/s1. The molecule has 0 aliphatic carbocycles. The highest BCUT2D eigenvalue weighted by Gasteiger charge is 2.31. The summed E-state index contributed by atoms with van der Waals surface area (Å²) in [5.74, 6) is 0.0161. The first-order chi connectivity index (χ1) is 14.1. The second-order valence-electron chi connectivity index (χ2n) is 7.48. The van der Waals surface area contributed by atoms with Crippen molar-refractivity contribution in [2.24, 2.45) is 5.92 Å². The molecule has 30 heavy (non-hydrogen) atoms. The molecular weight excluding hydrogens is 472 g/mol. The summed E-state index contributed by atoms with van der Waals surface area (Å²) in [7, 11) is -3.87. The van der Waals surface area contributed by atoms with E-state index in [1.54, 1.807) is 12.1 Å². The van der Waals surface area contributed by atoms with Crippen molar-refractivity contribution < 1.29 is 23.4 Å². The molecule has 0 saturated heterocycles. The monoisotopic (exact) mass is 498 g/mol. The Morgan fingerprint density at radius 3 is 2.20 bits per heavy atom. The fourth-order valence-corrected chi connectivity index (χ4v) is 4.97. The van der Waals surface area contributed by atoms with Crippen molar-refractivity contribution in [2.45, 2.75) is 37.3 Å². The van der Waals surface area contributed by atoms with Crippen LogP contribution >= 0.6 is 15.9 Å². The van der Waals surface area contributed by atoms with Gasteiger partial charge in [0.2, 0.25) is 10.0 Å². The van der Waals surface area contributed by atoms with Gasteiger partial charge in [0.05, 0.1) is 17.0 Å². The number of sulfonamides is 1. The number of carbonyl (C=O) groups is 1. The van der Waals surface area contributed by atoms with Gasteiger partial charge in [0.1, 0.15) is 0 Å². The van der Waals surface area contributed by atoms with Crippen molar-refractivity contribution in [3.05, 3.63) is 64.6 Å². The molecule has 0 aliphatic heterocycles. The van der Waals surface area contributed by atoms with Crippen LogP contribution in [0.15, 0.2) is 64.0 Å². The van der Waals surface area contributed by atoms with E-state index in [1.807, 2.05) is 44.2 Å². The van der Waals surface area contributed by atoms with E-state index in [2.05, 4.69) is 21.2 Å². The van der Waals surface area contributed by atoms with Gasteiger partial charge in [-0.1, -0.05) is 60.1 Å². The van der Waals surface area contributed by atoms with E-state index in [4.69, 9.17) is 0 Å². The summed E-state index contributed by atoms with van der Waals surface area (Å²) in [5.41, 5.74) is 0.835. The van der Waals surface area contributed by atoms with Gasteiger partial charge >= 0.3 is 6.09 Å². The number of nitrogens with zero attached hydrogens (tertiary/aromatic N) is 1. The highest BCUT2D eigenvalue weighted by atomic mass is 79.9. The van der Waals surface area contributed by atoms with Crippen molar-refractivity contribution in [2.75, 3.05) is 13.1 Å². The Balaban J connectivity index is 2.27. The average molecular weight is 499 g/mol. The number of benzene rings is 2. The van der Waals surface area contributed by atoms with Crippen molar-refractivity contribution >= 4 is 32.0 Å². The number of aliphatic hydroxyl groups is 1. The molecule has 0 heterocycles. The van der Waals surface area contributed by atoms with Crippen molar-refractivity contribution in [3.63, 3.8) is 0 Å². The fourth-order valence-electron chi connectivity index (χ4n) is 3.08. The van der Waals surface area contributed by atoms with Crippen LogP contribution in [0.2, 0.25) is 0 Å². The van der Waals surface area contributed by atoms with Crippen molar-refractivity contribution in [1.82, 2.24) is 9.62 Å². The lowest BCUT2D eigenvalue weighted by molar-refractivity contribution is 0.0980. The number of carboxylic acid groups (broad SMARTS) is 1. The van der Waals surface area contributed by atoms with Gasteiger partial charge in [-0.25, -0.2) is 13.2 Å². The Morgan fingerprint density at radius 2 is 1.67 bits per heavy atom. The molecule has 7 nitrogen and oxygen atoms in total. The zero-order valence-electron chi connectivity index (χ0n) is 16.9. The van der Waals surface area contributed by atoms with Gasteiger partial charge in [0, 0.05) is 17.6 Å². The molecule has 164 valence electrons. The molecular formula is C21H27BrN2O5S. The van der Waals surface area contributed by atoms with Gasteiger partial charge in [0.15, 0.2) is 0 Å². The lowest BCUT2D eigenvalue weighted by Gasteiger charge is -2.30.